The van der Waals surface area contributed by atoms with Crippen molar-refractivity contribution < 1.29 is 14.3 Å². The van der Waals surface area contributed by atoms with Crippen molar-refractivity contribution in [2.75, 3.05) is 0 Å². The molecule has 100 valence electrons. The molecular formula is C15H17NO3. The van der Waals surface area contributed by atoms with Crippen LogP contribution in [0.5, 0.6) is 5.75 Å². The molecule has 1 aromatic carbocycles. The van der Waals surface area contributed by atoms with Gasteiger partial charge in [0.1, 0.15) is 11.4 Å². The molecule has 0 atom stereocenters. The number of carbonyl (C=O) groups is 2. The second-order valence-electron chi connectivity index (χ2n) is 5.45. The van der Waals surface area contributed by atoms with Crippen molar-refractivity contribution in [3.05, 3.63) is 42.0 Å². The largest absolute Gasteiger partial charge is 0.488 e. The maximum absolute atomic E-state index is 11.4. The first kappa shape index (κ1) is 13.3. The molecule has 1 aromatic rings. The Hall–Kier alpha value is -2.10. The Morgan fingerprint density at radius 3 is 2.00 bits per heavy atom. The number of benzene rings is 1. The fourth-order valence-electron chi connectivity index (χ4n) is 1.79. The van der Waals surface area contributed by atoms with E-state index in [1.54, 1.807) is 0 Å². The molecule has 4 heteroatoms. The Labute approximate surface area is 112 Å². The zero-order chi connectivity index (χ0) is 14.0. The number of hydrogen-bond donors (Lipinski definition) is 0. The maximum Gasteiger partial charge on any atom is 0.253 e. The third kappa shape index (κ3) is 3.44. The second-order valence-corrected chi connectivity index (χ2v) is 5.45. The SMILES string of the molecule is CC(C)(C)Oc1ccc(CN2C(=O)C=CC2=O)cc1. The summed E-state index contributed by atoms with van der Waals surface area (Å²) in [6.45, 7) is 6.23. The van der Waals surface area contributed by atoms with Crippen LogP contribution in [0.15, 0.2) is 36.4 Å². The van der Waals surface area contributed by atoms with Gasteiger partial charge in [0.05, 0.1) is 6.54 Å². The summed E-state index contributed by atoms with van der Waals surface area (Å²) in [6, 6.07) is 7.41. The van der Waals surface area contributed by atoms with E-state index in [0.29, 0.717) is 6.54 Å². The van der Waals surface area contributed by atoms with Crippen molar-refractivity contribution in [2.24, 2.45) is 0 Å². The summed E-state index contributed by atoms with van der Waals surface area (Å²) in [4.78, 5) is 24.1. The highest BCUT2D eigenvalue weighted by molar-refractivity contribution is 6.12. The highest BCUT2D eigenvalue weighted by Gasteiger charge is 2.23. The molecule has 1 heterocycles. The molecule has 0 saturated carbocycles. The van der Waals surface area contributed by atoms with E-state index in [4.69, 9.17) is 4.74 Å². The molecule has 0 bridgehead atoms. The fourth-order valence-corrected chi connectivity index (χ4v) is 1.79. The first-order chi connectivity index (χ1) is 8.85. The number of amides is 2. The lowest BCUT2D eigenvalue weighted by Crippen LogP contribution is -2.29. The predicted octanol–water partition coefficient (Wildman–Crippen LogP) is 2.29. The van der Waals surface area contributed by atoms with Crippen molar-refractivity contribution in [1.29, 1.82) is 0 Å². The van der Waals surface area contributed by atoms with Gasteiger partial charge in [0.2, 0.25) is 0 Å². The molecule has 0 unspecified atom stereocenters. The molecule has 2 rings (SSSR count). The topological polar surface area (TPSA) is 46.6 Å². The number of nitrogens with zero attached hydrogens (tertiary/aromatic N) is 1. The predicted molar refractivity (Wildman–Crippen MR) is 71.5 cm³/mol. The smallest absolute Gasteiger partial charge is 0.253 e. The highest BCUT2D eigenvalue weighted by atomic mass is 16.5. The van der Waals surface area contributed by atoms with Crippen LogP contribution in [0, 0.1) is 0 Å². The van der Waals surface area contributed by atoms with Crippen molar-refractivity contribution in [1.82, 2.24) is 4.90 Å². The molecule has 0 aromatic heterocycles. The van der Waals surface area contributed by atoms with Gasteiger partial charge in [-0.15, -0.1) is 0 Å². The van der Waals surface area contributed by atoms with Crippen molar-refractivity contribution in [2.45, 2.75) is 32.9 Å². The third-order valence-electron chi connectivity index (χ3n) is 2.59. The highest BCUT2D eigenvalue weighted by Crippen LogP contribution is 2.19. The fraction of sp³-hybridized carbons (Fsp3) is 0.333. The molecule has 0 aliphatic carbocycles. The van der Waals surface area contributed by atoms with Crippen LogP contribution in [0.3, 0.4) is 0 Å². The summed E-state index contributed by atoms with van der Waals surface area (Å²) in [5.41, 5.74) is 0.651. The van der Waals surface area contributed by atoms with Crippen LogP contribution in [-0.4, -0.2) is 22.3 Å². The number of imide groups is 1. The van der Waals surface area contributed by atoms with Crippen LogP contribution in [-0.2, 0) is 16.1 Å². The van der Waals surface area contributed by atoms with E-state index >= 15 is 0 Å². The molecule has 0 radical (unpaired) electrons. The zero-order valence-electron chi connectivity index (χ0n) is 11.3. The van der Waals surface area contributed by atoms with Gasteiger partial charge in [0, 0.05) is 12.2 Å². The monoisotopic (exact) mass is 259 g/mol. The van der Waals surface area contributed by atoms with Crippen LogP contribution in [0.4, 0.5) is 0 Å². The van der Waals surface area contributed by atoms with Gasteiger partial charge in [0.25, 0.3) is 11.8 Å². The van der Waals surface area contributed by atoms with Gasteiger partial charge in [-0.1, -0.05) is 12.1 Å². The Kier molecular flexibility index (Phi) is 3.42. The van der Waals surface area contributed by atoms with Crippen LogP contribution < -0.4 is 4.74 Å². The van der Waals surface area contributed by atoms with Gasteiger partial charge in [0.15, 0.2) is 0 Å². The normalized spacial score (nSPS) is 15.2. The summed E-state index contributed by atoms with van der Waals surface area (Å²) >= 11 is 0. The van der Waals surface area contributed by atoms with Crippen LogP contribution >= 0.6 is 0 Å². The minimum Gasteiger partial charge on any atom is -0.488 e. The second kappa shape index (κ2) is 4.88. The molecule has 0 saturated heterocycles. The van der Waals surface area contributed by atoms with Gasteiger partial charge in [-0.25, -0.2) is 0 Å². The Bertz CT molecular complexity index is 505. The molecule has 4 nitrogen and oxygen atoms in total. The number of carbonyl (C=O) groups excluding carboxylic acids is 2. The Balaban J connectivity index is 2.03. The van der Waals surface area contributed by atoms with Crippen molar-refractivity contribution in [3.63, 3.8) is 0 Å². The molecule has 0 spiro atoms. The lowest BCUT2D eigenvalue weighted by Gasteiger charge is -2.21. The van der Waals surface area contributed by atoms with E-state index in [-0.39, 0.29) is 17.4 Å². The Morgan fingerprint density at radius 2 is 1.53 bits per heavy atom. The van der Waals surface area contributed by atoms with Gasteiger partial charge in [-0.3, -0.25) is 14.5 Å². The molecule has 0 fully saturated rings. The maximum atomic E-state index is 11.4. The molecule has 19 heavy (non-hydrogen) atoms. The first-order valence-electron chi connectivity index (χ1n) is 6.17. The van der Waals surface area contributed by atoms with Crippen LogP contribution in [0.2, 0.25) is 0 Å². The molecule has 1 aliphatic rings. The number of rotatable bonds is 3. The zero-order valence-corrected chi connectivity index (χ0v) is 11.3. The quantitative estimate of drug-likeness (QED) is 0.782. The van der Waals surface area contributed by atoms with E-state index < -0.39 is 0 Å². The third-order valence-corrected chi connectivity index (χ3v) is 2.59. The van der Waals surface area contributed by atoms with E-state index in [1.165, 1.54) is 17.1 Å². The Morgan fingerprint density at radius 1 is 1.00 bits per heavy atom. The lowest BCUT2D eigenvalue weighted by atomic mass is 10.1. The molecular weight excluding hydrogens is 242 g/mol. The van der Waals surface area contributed by atoms with Gasteiger partial charge in [-0.2, -0.15) is 0 Å². The van der Waals surface area contributed by atoms with Crippen molar-refractivity contribution in [3.8, 4) is 5.75 Å². The summed E-state index contributed by atoms with van der Waals surface area (Å²) in [5.74, 6) is 0.244. The first-order valence-corrected chi connectivity index (χ1v) is 6.17. The van der Waals surface area contributed by atoms with E-state index in [1.807, 2.05) is 45.0 Å². The molecule has 2 amide bonds. The molecule has 1 aliphatic heterocycles. The summed E-state index contributed by atoms with van der Waals surface area (Å²) in [6.07, 6.45) is 2.58. The standard InChI is InChI=1S/C15H17NO3/c1-15(2,3)19-12-6-4-11(5-7-12)10-16-13(17)8-9-14(16)18/h4-9H,10H2,1-3H3. The summed E-state index contributed by atoms with van der Waals surface area (Å²) in [5, 5.41) is 0. The summed E-state index contributed by atoms with van der Waals surface area (Å²) < 4.78 is 5.71. The number of ether oxygens (including phenoxy) is 1. The van der Waals surface area contributed by atoms with Gasteiger partial charge < -0.3 is 4.74 Å². The van der Waals surface area contributed by atoms with Crippen LogP contribution in [0.25, 0.3) is 0 Å². The van der Waals surface area contributed by atoms with Gasteiger partial charge >= 0.3 is 0 Å². The van der Waals surface area contributed by atoms with Gasteiger partial charge in [-0.05, 0) is 38.5 Å². The lowest BCUT2D eigenvalue weighted by molar-refractivity contribution is -0.137. The average molecular weight is 259 g/mol. The average Bonchev–Trinajstić information content (AvgIpc) is 2.61. The van der Waals surface area contributed by atoms with E-state index in [9.17, 15) is 9.59 Å². The molecule has 0 N–H and O–H groups in total. The summed E-state index contributed by atoms with van der Waals surface area (Å²) in [7, 11) is 0. The minimum absolute atomic E-state index is 0.244. The van der Waals surface area contributed by atoms with E-state index in [2.05, 4.69) is 0 Å². The van der Waals surface area contributed by atoms with E-state index in [0.717, 1.165) is 11.3 Å². The van der Waals surface area contributed by atoms with Crippen molar-refractivity contribution >= 4 is 11.8 Å². The minimum atomic E-state index is -0.264. The van der Waals surface area contributed by atoms with Crippen LogP contribution in [0.1, 0.15) is 26.3 Å². The number of hydrogen-bond acceptors (Lipinski definition) is 3.